The molecular formula is C28H32BrN3O7. The molecule has 39 heavy (non-hydrogen) atoms. The van der Waals surface area contributed by atoms with Crippen LogP contribution in [-0.4, -0.2) is 73.1 Å². The van der Waals surface area contributed by atoms with Gasteiger partial charge in [0.15, 0.2) is 18.5 Å². The van der Waals surface area contributed by atoms with Crippen LogP contribution in [0.4, 0.5) is 5.82 Å². The summed E-state index contributed by atoms with van der Waals surface area (Å²) < 4.78 is 22.1. The highest BCUT2D eigenvalue weighted by Gasteiger charge is 2.51. The second-order valence-electron chi connectivity index (χ2n) is 10.0. The van der Waals surface area contributed by atoms with E-state index in [2.05, 4.69) is 10.5 Å². The highest BCUT2D eigenvalue weighted by Crippen LogP contribution is 2.39. The average molecular weight is 602 g/mol. The lowest BCUT2D eigenvalue weighted by molar-refractivity contribution is -0.939. The van der Waals surface area contributed by atoms with Crippen molar-refractivity contribution in [3.8, 4) is 11.5 Å². The van der Waals surface area contributed by atoms with Crippen LogP contribution < -0.4 is 31.8 Å². The monoisotopic (exact) mass is 601 g/mol. The molecule has 3 aliphatic heterocycles. The fourth-order valence-corrected chi connectivity index (χ4v) is 5.66. The van der Waals surface area contributed by atoms with Crippen LogP contribution >= 0.6 is 0 Å². The Kier molecular flexibility index (Phi) is 8.63. The summed E-state index contributed by atoms with van der Waals surface area (Å²) in [4.78, 5) is 26.6. The fourth-order valence-electron chi connectivity index (χ4n) is 5.66. The maximum atomic E-state index is 13.9. The molecule has 4 heterocycles. The number of amides is 1. The number of halogens is 1. The molecule has 0 radical (unpaired) electrons. The molecular weight excluding hydrogens is 570 g/mol. The van der Waals surface area contributed by atoms with Crippen molar-refractivity contribution in [2.45, 2.75) is 24.5 Å². The number of aliphatic hydroxyl groups is 1. The Labute approximate surface area is 237 Å². The van der Waals surface area contributed by atoms with Gasteiger partial charge in [-0.3, -0.25) is 4.79 Å². The number of quaternary nitrogens is 1. The summed E-state index contributed by atoms with van der Waals surface area (Å²) in [5, 5.41) is 18.5. The minimum absolute atomic E-state index is 0. The smallest absolute Gasteiger partial charge is 0.348 e. The number of hydrogen-bond donors (Lipinski definition) is 2. The largest absolute Gasteiger partial charge is 1.00 e. The van der Waals surface area contributed by atoms with Crippen molar-refractivity contribution in [1.82, 2.24) is 5.16 Å². The average Bonchev–Trinajstić information content (AvgIpc) is 3.45. The second kappa shape index (κ2) is 11.8. The summed E-state index contributed by atoms with van der Waals surface area (Å²) in [6, 6.07) is 15.1. The number of nitrogens with one attached hydrogen (secondary N) is 1. The number of benzene rings is 2. The van der Waals surface area contributed by atoms with Crippen LogP contribution in [0.3, 0.4) is 0 Å². The van der Waals surface area contributed by atoms with Gasteiger partial charge in [0.25, 0.3) is 5.91 Å². The molecule has 11 heteroatoms. The molecule has 2 N–H and O–H groups in total. The van der Waals surface area contributed by atoms with Gasteiger partial charge in [0, 0.05) is 36.0 Å². The number of anilines is 1. The number of hydrogen-bond acceptors (Lipinski definition) is 8. The van der Waals surface area contributed by atoms with E-state index in [4.69, 9.17) is 18.7 Å². The minimum atomic E-state index is -2.09. The fraction of sp³-hybridized carbons (Fsp3) is 0.393. The quantitative estimate of drug-likeness (QED) is 0.254. The molecule has 0 spiro atoms. The lowest BCUT2D eigenvalue weighted by atomic mass is 9.82. The maximum Gasteiger partial charge on any atom is 0.348 e. The minimum Gasteiger partial charge on any atom is -1.00 e. The molecule has 0 unspecified atom stereocenters. The van der Waals surface area contributed by atoms with Gasteiger partial charge in [0.05, 0.1) is 27.3 Å². The number of aromatic nitrogens is 1. The van der Waals surface area contributed by atoms with Crippen molar-refractivity contribution in [1.29, 1.82) is 0 Å². The summed E-state index contributed by atoms with van der Waals surface area (Å²) >= 11 is 0. The van der Waals surface area contributed by atoms with Crippen LogP contribution in [-0.2, 0) is 19.9 Å². The zero-order valence-electron chi connectivity index (χ0n) is 21.8. The molecule has 3 aliphatic rings. The Morgan fingerprint density at radius 1 is 1.05 bits per heavy atom. The Hall–Kier alpha value is -3.41. The van der Waals surface area contributed by atoms with E-state index in [-0.39, 0.29) is 35.4 Å². The lowest BCUT2D eigenvalue weighted by Crippen LogP contribution is -3.00. The first-order valence-electron chi connectivity index (χ1n) is 12.6. The first-order chi connectivity index (χ1) is 18.3. The van der Waals surface area contributed by atoms with Gasteiger partial charge in [-0.25, -0.2) is 4.79 Å². The standard InChI is InChI=1S/C28H31N3O7.BrH/c1-35-22-7-3-5-20(15-22)28(34,21-6-4-8-23(16-21)36-2)27(33)38-24-17-31(12-9-19(24)10-13-31)18-26(32)29-25-11-14-37-30-25;/h3-8,11,14-16,19,24,34H,9-10,12-13,17-18H2,1-2H3;1H/t19?,24-,31?;/m0./s1. The van der Waals surface area contributed by atoms with E-state index in [0.717, 1.165) is 25.9 Å². The Morgan fingerprint density at radius 3 is 2.21 bits per heavy atom. The number of rotatable bonds is 9. The molecule has 10 nitrogen and oxygen atoms in total. The third-order valence-electron chi connectivity index (χ3n) is 7.75. The number of piperidine rings is 3. The first kappa shape index (κ1) is 28.6. The molecule has 1 atom stereocenters. The molecule has 2 aromatic carbocycles. The van der Waals surface area contributed by atoms with Crippen LogP contribution in [0.15, 0.2) is 65.4 Å². The molecule has 1 amide bonds. The first-order valence-corrected chi connectivity index (χ1v) is 12.6. The number of nitrogens with zero attached hydrogens (tertiary/aromatic N) is 2. The van der Waals surface area contributed by atoms with Crippen molar-refractivity contribution in [3.05, 3.63) is 72.0 Å². The van der Waals surface area contributed by atoms with E-state index in [0.29, 0.717) is 39.5 Å². The molecule has 3 fully saturated rings. The van der Waals surface area contributed by atoms with Crippen LogP contribution in [0, 0.1) is 5.92 Å². The van der Waals surface area contributed by atoms with Gasteiger partial charge >= 0.3 is 5.97 Å². The van der Waals surface area contributed by atoms with E-state index >= 15 is 0 Å². The van der Waals surface area contributed by atoms with Crippen molar-refractivity contribution >= 4 is 17.7 Å². The van der Waals surface area contributed by atoms with Crippen molar-refractivity contribution in [3.63, 3.8) is 0 Å². The van der Waals surface area contributed by atoms with Gasteiger partial charge in [0.2, 0.25) is 5.60 Å². The van der Waals surface area contributed by atoms with E-state index < -0.39 is 17.7 Å². The third kappa shape index (κ3) is 5.80. The highest BCUT2D eigenvalue weighted by atomic mass is 79.9. The SMILES string of the molecule is COc1cccc(C(O)(C(=O)O[C@H]2C[N+]3(CC(=O)Nc4ccon4)CCC2CC3)c2cccc(OC)c2)c1.[Br-]. The normalized spacial score (nSPS) is 21.9. The third-order valence-corrected chi connectivity index (χ3v) is 7.75. The molecule has 208 valence electrons. The van der Waals surface area contributed by atoms with Gasteiger partial charge in [-0.1, -0.05) is 29.4 Å². The van der Waals surface area contributed by atoms with Crippen LogP contribution in [0.2, 0.25) is 0 Å². The van der Waals surface area contributed by atoms with Gasteiger partial charge in [0.1, 0.15) is 24.3 Å². The van der Waals surface area contributed by atoms with E-state index in [1.54, 1.807) is 54.6 Å². The Balaban J connectivity index is 0.00000353. The molecule has 3 saturated heterocycles. The number of methoxy groups -OCH3 is 2. The number of carbonyl (C=O) groups is 2. The summed E-state index contributed by atoms with van der Waals surface area (Å²) in [5.74, 6) is 0.586. The molecule has 2 bridgehead atoms. The number of ether oxygens (including phenoxy) is 3. The number of fused-ring (bicyclic) bond motifs is 3. The zero-order chi connectivity index (χ0) is 26.8. The van der Waals surface area contributed by atoms with Gasteiger partial charge in [-0.05, 0) is 24.3 Å². The topological polar surface area (TPSA) is 120 Å². The van der Waals surface area contributed by atoms with E-state index in [1.165, 1.54) is 20.5 Å². The van der Waals surface area contributed by atoms with Crippen LogP contribution in [0.5, 0.6) is 11.5 Å². The molecule has 0 aliphatic carbocycles. The molecule has 0 saturated carbocycles. The number of carbonyl (C=O) groups excluding carboxylic acids is 2. The highest BCUT2D eigenvalue weighted by molar-refractivity contribution is 5.90. The Bertz CT molecular complexity index is 1240. The maximum absolute atomic E-state index is 13.9. The summed E-state index contributed by atoms with van der Waals surface area (Å²) in [6.07, 6.45) is 2.61. The zero-order valence-corrected chi connectivity index (χ0v) is 23.4. The lowest BCUT2D eigenvalue weighted by Gasteiger charge is -2.51. The summed E-state index contributed by atoms with van der Waals surface area (Å²) in [7, 11) is 3.05. The molecule has 6 rings (SSSR count). The van der Waals surface area contributed by atoms with Crippen LogP contribution in [0.1, 0.15) is 24.0 Å². The van der Waals surface area contributed by atoms with Crippen molar-refractivity contribution in [2.75, 3.05) is 45.7 Å². The van der Waals surface area contributed by atoms with E-state index in [1.807, 2.05) is 0 Å². The van der Waals surface area contributed by atoms with Gasteiger partial charge < -0.3 is 50.6 Å². The summed E-state index contributed by atoms with van der Waals surface area (Å²) in [6.45, 7) is 2.38. The van der Waals surface area contributed by atoms with Gasteiger partial charge in [-0.15, -0.1) is 0 Å². The van der Waals surface area contributed by atoms with Crippen molar-refractivity contribution < 1.29 is 54.9 Å². The predicted octanol–water partition coefficient (Wildman–Crippen LogP) is -0.277. The van der Waals surface area contributed by atoms with E-state index in [9.17, 15) is 14.7 Å². The van der Waals surface area contributed by atoms with Crippen molar-refractivity contribution in [2.24, 2.45) is 5.92 Å². The van der Waals surface area contributed by atoms with Gasteiger partial charge in [-0.2, -0.15) is 0 Å². The molecule has 1 aromatic heterocycles. The Morgan fingerprint density at radius 2 is 1.67 bits per heavy atom. The van der Waals surface area contributed by atoms with Crippen LogP contribution in [0.25, 0.3) is 0 Å². The number of esters is 1. The summed E-state index contributed by atoms with van der Waals surface area (Å²) in [5.41, 5.74) is -1.44. The predicted molar refractivity (Wildman–Crippen MR) is 136 cm³/mol. The molecule has 3 aromatic rings. The second-order valence-corrected chi connectivity index (χ2v) is 10.0.